The van der Waals surface area contributed by atoms with Gasteiger partial charge in [0.1, 0.15) is 0 Å². The van der Waals surface area contributed by atoms with Crippen LogP contribution in [-0.2, 0) is 13.5 Å². The first-order valence-corrected chi connectivity index (χ1v) is 3.92. The zero-order valence-electron chi connectivity index (χ0n) is 5.39. The molecule has 0 unspecified atom stereocenters. The molecule has 0 fully saturated rings. The van der Waals surface area contributed by atoms with Gasteiger partial charge < -0.3 is 0 Å². The normalized spacial score (nSPS) is 11.7. The van der Waals surface area contributed by atoms with E-state index in [1.807, 2.05) is 0 Å². The third-order valence-electron chi connectivity index (χ3n) is 0.653. The summed E-state index contributed by atoms with van der Waals surface area (Å²) in [6.45, 7) is 0. The molecule has 0 aliphatic carbocycles. The van der Waals surface area contributed by atoms with E-state index in [9.17, 15) is 40.5 Å². The molecule has 0 radical (unpaired) electrons. The molecule has 0 spiro atoms. The molecule has 0 N–H and O–H groups in total. The SMILES string of the molecule is O=[N+]([O-])[Co]([N+](=O)[O-])([N+](=O)[O-])[N+](=O)[O-]. The monoisotopic (exact) mass is 243 g/mol. The number of nitro groups is 4. The summed E-state index contributed by atoms with van der Waals surface area (Å²) in [5, 5.41) is 39.5. The van der Waals surface area contributed by atoms with Crippen LogP contribution in [0.25, 0.3) is 0 Å². The van der Waals surface area contributed by atoms with E-state index in [0.717, 1.165) is 0 Å². The quantitative estimate of drug-likeness (QED) is 0.441. The molecular weight excluding hydrogens is 243 g/mol. The molecular formula is CoN4O8. The molecule has 0 aromatic carbocycles. The van der Waals surface area contributed by atoms with Gasteiger partial charge in [-0.25, -0.2) is 0 Å². The molecule has 0 rings (SSSR count). The van der Waals surface area contributed by atoms with E-state index in [2.05, 4.69) is 0 Å². The summed E-state index contributed by atoms with van der Waals surface area (Å²) in [6, 6.07) is 0. The van der Waals surface area contributed by atoms with Gasteiger partial charge in [-0.3, -0.25) is 0 Å². The molecule has 0 aliphatic rings. The van der Waals surface area contributed by atoms with Crippen molar-refractivity contribution in [1.29, 1.82) is 0 Å². The summed E-state index contributed by atoms with van der Waals surface area (Å²) >= 11 is -5.88. The Bertz CT molecular complexity index is 231. The molecule has 0 aromatic heterocycles. The minimum absolute atomic E-state index is 2.08. The predicted octanol–water partition coefficient (Wildman–Crippen LogP) is -1.09. The van der Waals surface area contributed by atoms with Gasteiger partial charge in [-0.05, 0) is 0 Å². The van der Waals surface area contributed by atoms with Crippen LogP contribution in [0.1, 0.15) is 0 Å². The van der Waals surface area contributed by atoms with Gasteiger partial charge in [0.25, 0.3) is 0 Å². The Labute approximate surface area is 70.7 Å². The van der Waals surface area contributed by atoms with E-state index in [0.29, 0.717) is 0 Å². The van der Waals surface area contributed by atoms with Gasteiger partial charge in [-0.1, -0.05) is 0 Å². The fourth-order valence-corrected chi connectivity index (χ4v) is 1.10. The van der Waals surface area contributed by atoms with Crippen molar-refractivity contribution in [2.24, 2.45) is 0 Å². The van der Waals surface area contributed by atoms with Crippen LogP contribution in [0.15, 0.2) is 0 Å². The van der Waals surface area contributed by atoms with E-state index >= 15 is 0 Å². The molecule has 13 heteroatoms. The van der Waals surface area contributed by atoms with Gasteiger partial charge >= 0.3 is 69.8 Å². The summed E-state index contributed by atoms with van der Waals surface area (Å²) in [5.41, 5.74) is 0. The fraction of sp³-hybridized carbons (Fsp3) is 0. The van der Waals surface area contributed by atoms with E-state index in [1.165, 1.54) is 0 Å². The van der Waals surface area contributed by atoms with Crippen molar-refractivity contribution in [3.63, 3.8) is 0 Å². The minimum atomic E-state index is -5.88. The predicted molar refractivity (Wildman–Crippen MR) is 28.0 cm³/mol. The molecule has 0 saturated heterocycles. The average Bonchev–Trinajstić information content (AvgIpc) is 1.82. The summed E-state index contributed by atoms with van der Waals surface area (Å²) in [7, 11) is 0. The molecule has 0 aliphatic heterocycles. The van der Waals surface area contributed by atoms with Crippen molar-refractivity contribution < 1.29 is 29.4 Å². The van der Waals surface area contributed by atoms with Crippen LogP contribution < -0.4 is 0 Å². The third-order valence-corrected chi connectivity index (χ3v) is 2.69. The van der Waals surface area contributed by atoms with Crippen molar-refractivity contribution in [2.75, 3.05) is 0 Å². The van der Waals surface area contributed by atoms with Gasteiger partial charge in [0, 0.05) is 0 Å². The Hall–Kier alpha value is -1.89. The van der Waals surface area contributed by atoms with Gasteiger partial charge in [0.15, 0.2) is 0 Å². The number of rotatable bonds is 4. The standard InChI is InChI=1S/Co.4NO2/c;4*2-1-3. The van der Waals surface area contributed by atoms with Gasteiger partial charge in [-0.2, -0.15) is 0 Å². The summed E-state index contributed by atoms with van der Waals surface area (Å²) in [4.78, 5) is 39.5. The fourth-order valence-electron chi connectivity index (χ4n) is 0.267. The zero-order valence-corrected chi connectivity index (χ0v) is 6.43. The Morgan fingerprint density at radius 2 is 0.769 bits per heavy atom. The van der Waals surface area contributed by atoms with E-state index < -0.39 is 29.4 Å². The molecule has 0 atom stereocenters. The number of nitrogens with zero attached hydrogens (tertiary/aromatic N) is 4. The van der Waals surface area contributed by atoms with E-state index in [-0.39, 0.29) is 0 Å². The second-order valence-corrected chi connectivity index (χ2v) is 3.95. The van der Waals surface area contributed by atoms with Crippen molar-refractivity contribution in [3.8, 4) is 0 Å². The van der Waals surface area contributed by atoms with Crippen molar-refractivity contribution >= 4 is 0 Å². The zero-order chi connectivity index (χ0) is 10.8. The van der Waals surface area contributed by atoms with Crippen LogP contribution in [0.3, 0.4) is 0 Å². The molecule has 0 saturated carbocycles. The van der Waals surface area contributed by atoms with Crippen LogP contribution in [0.2, 0.25) is 0 Å². The van der Waals surface area contributed by atoms with Crippen molar-refractivity contribution in [3.05, 3.63) is 40.5 Å². The number of hydrogen-bond donors (Lipinski definition) is 0. The van der Waals surface area contributed by atoms with Crippen LogP contribution in [0.4, 0.5) is 0 Å². The van der Waals surface area contributed by atoms with Gasteiger partial charge in [0.05, 0.1) is 0 Å². The first kappa shape index (κ1) is 11.1. The van der Waals surface area contributed by atoms with Crippen LogP contribution in [-0.4, -0.2) is 15.9 Å². The van der Waals surface area contributed by atoms with Crippen molar-refractivity contribution in [2.45, 2.75) is 0 Å². The van der Waals surface area contributed by atoms with E-state index in [1.54, 1.807) is 0 Å². The first-order valence-electron chi connectivity index (χ1n) is 2.06. The van der Waals surface area contributed by atoms with Crippen LogP contribution >= 0.6 is 0 Å². The molecule has 0 heterocycles. The Morgan fingerprint density at radius 1 is 0.615 bits per heavy atom. The molecule has 0 aromatic rings. The second-order valence-electron chi connectivity index (χ2n) is 1.19. The average molecular weight is 243 g/mol. The summed E-state index contributed by atoms with van der Waals surface area (Å²) in [5.74, 6) is 0. The molecule has 13 heavy (non-hydrogen) atoms. The topological polar surface area (TPSA) is 173 Å². The summed E-state index contributed by atoms with van der Waals surface area (Å²) in [6.07, 6.45) is 0. The molecule has 77 valence electrons. The van der Waals surface area contributed by atoms with Crippen LogP contribution in [0, 0.1) is 40.5 Å². The maximum atomic E-state index is 9.88. The molecule has 0 bridgehead atoms. The third kappa shape index (κ3) is 1.36. The molecule has 12 nitrogen and oxygen atoms in total. The first-order chi connectivity index (χ1) is 5.77. The van der Waals surface area contributed by atoms with E-state index in [4.69, 9.17) is 0 Å². The Kier molecular flexibility index (Phi) is 2.76. The number of hydrogen-bond acceptors (Lipinski definition) is 8. The summed E-state index contributed by atoms with van der Waals surface area (Å²) < 4.78 is -8.31. The molecule has 0 amide bonds. The van der Waals surface area contributed by atoms with Gasteiger partial charge in [-0.15, -0.1) is 0 Å². The second kappa shape index (κ2) is 3.23. The Morgan fingerprint density at radius 3 is 0.769 bits per heavy atom. The Balaban J connectivity index is 5.60. The van der Waals surface area contributed by atoms with Crippen LogP contribution in [0.5, 0.6) is 0 Å². The maximum absolute atomic E-state index is 9.88. The van der Waals surface area contributed by atoms with Gasteiger partial charge in [0.2, 0.25) is 0 Å². The van der Waals surface area contributed by atoms with Crippen molar-refractivity contribution in [1.82, 2.24) is 0 Å².